The number of rotatable bonds is 5. The summed E-state index contributed by atoms with van der Waals surface area (Å²) in [5.41, 5.74) is 6.60. The molecular weight excluding hydrogens is 240 g/mol. The maximum Gasteiger partial charge on any atom is 0.175 e. The highest BCUT2D eigenvalue weighted by Gasteiger charge is 2.17. The zero-order valence-electron chi connectivity index (χ0n) is 9.92. The Bertz CT molecular complexity index is 456. The predicted molar refractivity (Wildman–Crippen MR) is 66.4 cm³/mol. The first-order valence-electron chi connectivity index (χ1n) is 5.24. The van der Waals surface area contributed by atoms with Crippen molar-refractivity contribution in [2.24, 2.45) is 5.73 Å². The Morgan fingerprint density at radius 1 is 1.35 bits per heavy atom. The standard InChI is InChI=1S/C11H18N2O3S/c1-13-11(10(12)7-14)8-3-5-9(6-4-8)17(2,15)16/h3-6,10-11,13-14H,7,12H2,1-2H3. The zero-order valence-corrected chi connectivity index (χ0v) is 10.7. The van der Waals surface area contributed by atoms with E-state index in [1.807, 2.05) is 0 Å². The van der Waals surface area contributed by atoms with Gasteiger partial charge in [0.05, 0.1) is 11.5 Å². The highest BCUT2D eigenvalue weighted by molar-refractivity contribution is 7.90. The Labute approximate surface area is 102 Å². The van der Waals surface area contributed by atoms with E-state index >= 15 is 0 Å². The summed E-state index contributed by atoms with van der Waals surface area (Å²) in [5.74, 6) is 0. The number of aliphatic hydroxyl groups excluding tert-OH is 1. The SMILES string of the molecule is CNC(c1ccc(S(C)(=O)=O)cc1)C(N)CO. The highest BCUT2D eigenvalue weighted by Crippen LogP contribution is 2.18. The van der Waals surface area contributed by atoms with E-state index in [9.17, 15) is 8.42 Å². The molecule has 1 aromatic carbocycles. The van der Waals surface area contributed by atoms with Gasteiger partial charge in [0.2, 0.25) is 0 Å². The van der Waals surface area contributed by atoms with E-state index < -0.39 is 15.9 Å². The summed E-state index contributed by atoms with van der Waals surface area (Å²) < 4.78 is 22.6. The fraction of sp³-hybridized carbons (Fsp3) is 0.455. The Balaban J connectivity index is 3.01. The van der Waals surface area contributed by atoms with Gasteiger partial charge in [-0.2, -0.15) is 0 Å². The molecule has 0 heterocycles. The summed E-state index contributed by atoms with van der Waals surface area (Å²) in [4.78, 5) is 0.272. The lowest BCUT2D eigenvalue weighted by atomic mass is 10.0. The van der Waals surface area contributed by atoms with Crippen molar-refractivity contribution in [1.82, 2.24) is 5.32 Å². The molecule has 0 fully saturated rings. The molecule has 17 heavy (non-hydrogen) atoms. The molecule has 0 spiro atoms. The van der Waals surface area contributed by atoms with Crippen LogP contribution in [-0.4, -0.2) is 39.5 Å². The van der Waals surface area contributed by atoms with Crippen LogP contribution in [0, 0.1) is 0 Å². The summed E-state index contributed by atoms with van der Waals surface area (Å²) in [6.45, 7) is -0.140. The van der Waals surface area contributed by atoms with Crippen LogP contribution in [0.3, 0.4) is 0 Å². The molecule has 0 radical (unpaired) electrons. The molecule has 2 unspecified atom stereocenters. The Morgan fingerprint density at radius 3 is 2.24 bits per heavy atom. The molecule has 2 atom stereocenters. The normalized spacial score (nSPS) is 15.5. The third-order valence-corrected chi connectivity index (χ3v) is 3.75. The molecule has 0 saturated carbocycles. The minimum absolute atomic E-state index is 0.140. The average molecular weight is 258 g/mol. The summed E-state index contributed by atoms with van der Waals surface area (Å²) in [6.07, 6.45) is 1.16. The fourth-order valence-electron chi connectivity index (χ4n) is 1.66. The molecule has 0 aromatic heterocycles. The zero-order chi connectivity index (χ0) is 13.1. The number of nitrogens with two attached hydrogens (primary N) is 1. The topological polar surface area (TPSA) is 92.4 Å². The molecular formula is C11H18N2O3S. The summed E-state index contributed by atoms with van der Waals surface area (Å²) in [6, 6.07) is 5.86. The molecule has 0 saturated heterocycles. The van der Waals surface area contributed by atoms with E-state index in [0.717, 1.165) is 11.8 Å². The number of sulfone groups is 1. The molecule has 0 amide bonds. The smallest absolute Gasteiger partial charge is 0.175 e. The van der Waals surface area contributed by atoms with Crippen molar-refractivity contribution in [2.75, 3.05) is 19.9 Å². The molecule has 1 aromatic rings. The van der Waals surface area contributed by atoms with Crippen LogP contribution in [0.2, 0.25) is 0 Å². The van der Waals surface area contributed by atoms with Crippen LogP contribution in [0.1, 0.15) is 11.6 Å². The van der Waals surface area contributed by atoms with Gasteiger partial charge in [-0.15, -0.1) is 0 Å². The first kappa shape index (κ1) is 14.1. The summed E-state index contributed by atoms with van der Waals surface area (Å²) in [7, 11) is -1.44. The van der Waals surface area contributed by atoms with E-state index in [4.69, 9.17) is 10.8 Å². The molecule has 0 bridgehead atoms. The van der Waals surface area contributed by atoms with Crippen LogP contribution >= 0.6 is 0 Å². The van der Waals surface area contributed by atoms with Crippen LogP contribution in [0.15, 0.2) is 29.2 Å². The lowest BCUT2D eigenvalue weighted by Crippen LogP contribution is -2.38. The second-order valence-electron chi connectivity index (χ2n) is 3.95. The number of benzene rings is 1. The van der Waals surface area contributed by atoms with Gasteiger partial charge in [0.15, 0.2) is 9.84 Å². The van der Waals surface area contributed by atoms with Crippen molar-refractivity contribution in [3.05, 3.63) is 29.8 Å². The first-order valence-corrected chi connectivity index (χ1v) is 7.13. The van der Waals surface area contributed by atoms with E-state index in [1.54, 1.807) is 31.3 Å². The van der Waals surface area contributed by atoms with Gasteiger partial charge in [-0.1, -0.05) is 12.1 Å². The number of hydrogen-bond donors (Lipinski definition) is 3. The van der Waals surface area contributed by atoms with Gasteiger partial charge in [0, 0.05) is 18.3 Å². The Morgan fingerprint density at radius 2 is 1.88 bits per heavy atom. The lowest BCUT2D eigenvalue weighted by molar-refractivity contribution is 0.240. The van der Waals surface area contributed by atoms with Gasteiger partial charge < -0.3 is 16.2 Å². The van der Waals surface area contributed by atoms with Gasteiger partial charge >= 0.3 is 0 Å². The minimum Gasteiger partial charge on any atom is -0.395 e. The van der Waals surface area contributed by atoms with Crippen LogP contribution in [-0.2, 0) is 9.84 Å². The minimum atomic E-state index is -3.18. The number of hydrogen-bond acceptors (Lipinski definition) is 5. The van der Waals surface area contributed by atoms with Crippen molar-refractivity contribution in [3.8, 4) is 0 Å². The molecule has 6 heteroatoms. The van der Waals surface area contributed by atoms with Gasteiger partial charge in [-0.05, 0) is 24.7 Å². The first-order chi connectivity index (χ1) is 7.90. The Kier molecular flexibility index (Phi) is 4.64. The van der Waals surface area contributed by atoms with Gasteiger partial charge in [0.1, 0.15) is 0 Å². The quantitative estimate of drug-likeness (QED) is 0.672. The van der Waals surface area contributed by atoms with E-state index in [-0.39, 0.29) is 17.5 Å². The van der Waals surface area contributed by atoms with Crippen LogP contribution in [0.4, 0.5) is 0 Å². The highest BCUT2D eigenvalue weighted by atomic mass is 32.2. The fourth-order valence-corrected chi connectivity index (χ4v) is 2.29. The van der Waals surface area contributed by atoms with E-state index in [1.165, 1.54) is 0 Å². The molecule has 0 aliphatic rings. The Hall–Kier alpha value is -0.950. The van der Waals surface area contributed by atoms with Crippen LogP contribution < -0.4 is 11.1 Å². The van der Waals surface area contributed by atoms with Gasteiger partial charge in [0.25, 0.3) is 0 Å². The van der Waals surface area contributed by atoms with E-state index in [2.05, 4.69) is 5.32 Å². The van der Waals surface area contributed by atoms with Crippen LogP contribution in [0.25, 0.3) is 0 Å². The predicted octanol–water partition coefficient (Wildman–Crippen LogP) is -0.330. The van der Waals surface area contributed by atoms with Gasteiger partial charge in [-0.25, -0.2) is 8.42 Å². The molecule has 4 N–H and O–H groups in total. The maximum absolute atomic E-state index is 11.3. The second kappa shape index (κ2) is 5.59. The van der Waals surface area contributed by atoms with Crippen LogP contribution in [0.5, 0.6) is 0 Å². The third-order valence-electron chi connectivity index (χ3n) is 2.62. The molecule has 96 valence electrons. The lowest BCUT2D eigenvalue weighted by Gasteiger charge is -2.22. The molecule has 5 nitrogen and oxygen atoms in total. The van der Waals surface area contributed by atoms with Crippen molar-refractivity contribution >= 4 is 9.84 Å². The summed E-state index contributed by atoms with van der Waals surface area (Å²) >= 11 is 0. The number of likely N-dealkylation sites (N-methyl/N-ethyl adjacent to an activating group) is 1. The second-order valence-corrected chi connectivity index (χ2v) is 5.97. The summed E-state index contributed by atoms with van der Waals surface area (Å²) in [5, 5.41) is 12.0. The molecule has 1 rings (SSSR count). The van der Waals surface area contributed by atoms with Crippen molar-refractivity contribution < 1.29 is 13.5 Å². The average Bonchev–Trinajstić information content (AvgIpc) is 2.29. The van der Waals surface area contributed by atoms with Crippen molar-refractivity contribution in [3.63, 3.8) is 0 Å². The monoisotopic (exact) mass is 258 g/mol. The van der Waals surface area contributed by atoms with E-state index in [0.29, 0.717) is 0 Å². The number of nitrogens with one attached hydrogen (secondary N) is 1. The van der Waals surface area contributed by atoms with Crippen molar-refractivity contribution in [2.45, 2.75) is 17.0 Å². The largest absolute Gasteiger partial charge is 0.395 e. The van der Waals surface area contributed by atoms with Crippen molar-refractivity contribution in [1.29, 1.82) is 0 Å². The van der Waals surface area contributed by atoms with Gasteiger partial charge in [-0.3, -0.25) is 0 Å². The third kappa shape index (κ3) is 3.50. The molecule has 0 aliphatic heterocycles. The number of aliphatic hydroxyl groups is 1. The maximum atomic E-state index is 11.3. The molecule has 0 aliphatic carbocycles.